The topological polar surface area (TPSA) is 54.5 Å². The Kier molecular flexibility index (Phi) is 5.78. The van der Waals surface area contributed by atoms with Crippen LogP contribution in [0.2, 0.25) is 0 Å². The van der Waals surface area contributed by atoms with Gasteiger partial charge in [-0.05, 0) is 36.4 Å². The number of para-hydroxylation sites is 1. The van der Waals surface area contributed by atoms with Crippen molar-refractivity contribution in [2.24, 2.45) is 0 Å². The van der Waals surface area contributed by atoms with Crippen LogP contribution in [-0.4, -0.2) is 23.6 Å². The number of alkyl halides is 3. The number of carbonyl (C=O) groups excluding carboxylic acids is 1. The van der Waals surface area contributed by atoms with Gasteiger partial charge in [0.25, 0.3) is 5.91 Å². The van der Waals surface area contributed by atoms with Gasteiger partial charge < -0.3 is 4.74 Å². The fraction of sp³-hybridized carbons (Fsp3) is 0.100. The SMILES string of the molecule is O=C(NN(CC(F)(F)F)c1ccccc1)c1cccc(Oc2ccccn2)c1. The van der Waals surface area contributed by atoms with Crippen molar-refractivity contribution >= 4 is 11.6 Å². The molecule has 144 valence electrons. The summed E-state index contributed by atoms with van der Waals surface area (Å²) >= 11 is 0. The average Bonchev–Trinajstić information content (AvgIpc) is 2.68. The van der Waals surface area contributed by atoms with Crippen LogP contribution in [0, 0.1) is 0 Å². The van der Waals surface area contributed by atoms with Crippen molar-refractivity contribution in [2.75, 3.05) is 11.6 Å². The van der Waals surface area contributed by atoms with Gasteiger partial charge in [-0.25, -0.2) is 4.98 Å². The van der Waals surface area contributed by atoms with Gasteiger partial charge in [-0.2, -0.15) is 13.2 Å². The molecule has 8 heteroatoms. The molecule has 0 aliphatic carbocycles. The van der Waals surface area contributed by atoms with Crippen LogP contribution in [0.25, 0.3) is 0 Å². The first-order valence-electron chi connectivity index (χ1n) is 8.30. The standard InChI is InChI=1S/C20H16F3N3O2/c21-20(22,23)14-26(16-8-2-1-3-9-16)25-19(27)15-7-6-10-17(13-15)28-18-11-4-5-12-24-18/h1-13H,14H2,(H,25,27). The molecule has 5 nitrogen and oxygen atoms in total. The Morgan fingerprint density at radius 2 is 1.75 bits per heavy atom. The Balaban J connectivity index is 1.77. The Hall–Kier alpha value is -3.55. The van der Waals surface area contributed by atoms with E-state index in [4.69, 9.17) is 4.74 Å². The molecule has 0 bridgehead atoms. The highest BCUT2D eigenvalue weighted by Crippen LogP contribution is 2.22. The van der Waals surface area contributed by atoms with E-state index in [2.05, 4.69) is 10.4 Å². The molecule has 0 aliphatic rings. The number of pyridine rings is 1. The number of anilines is 1. The van der Waals surface area contributed by atoms with Gasteiger partial charge in [-0.15, -0.1) is 0 Å². The number of halogens is 3. The Morgan fingerprint density at radius 1 is 1.00 bits per heavy atom. The summed E-state index contributed by atoms with van der Waals surface area (Å²) in [6, 6.07) is 19.0. The molecule has 0 fully saturated rings. The van der Waals surface area contributed by atoms with Crippen LogP contribution in [0.4, 0.5) is 18.9 Å². The van der Waals surface area contributed by atoms with Crippen LogP contribution < -0.4 is 15.2 Å². The fourth-order valence-electron chi connectivity index (χ4n) is 2.40. The molecule has 0 saturated carbocycles. The number of ether oxygens (including phenoxy) is 1. The number of benzene rings is 2. The van der Waals surface area contributed by atoms with E-state index in [1.54, 1.807) is 54.7 Å². The number of nitrogens with one attached hydrogen (secondary N) is 1. The number of hydrogen-bond donors (Lipinski definition) is 1. The molecule has 0 aliphatic heterocycles. The molecule has 0 unspecified atom stereocenters. The van der Waals surface area contributed by atoms with Gasteiger partial charge in [-0.3, -0.25) is 15.2 Å². The van der Waals surface area contributed by atoms with Crippen molar-refractivity contribution in [3.63, 3.8) is 0 Å². The van der Waals surface area contributed by atoms with Gasteiger partial charge in [0.05, 0.1) is 5.69 Å². The predicted molar refractivity (Wildman–Crippen MR) is 98.1 cm³/mol. The lowest BCUT2D eigenvalue weighted by molar-refractivity contribution is -0.120. The molecule has 1 amide bonds. The first-order valence-corrected chi connectivity index (χ1v) is 8.30. The fourth-order valence-corrected chi connectivity index (χ4v) is 2.40. The van der Waals surface area contributed by atoms with Crippen LogP contribution in [0.3, 0.4) is 0 Å². The minimum atomic E-state index is -4.49. The van der Waals surface area contributed by atoms with E-state index in [1.165, 1.54) is 24.3 Å². The zero-order chi connectivity index (χ0) is 20.0. The normalized spacial score (nSPS) is 11.0. The Bertz CT molecular complexity index is 919. The van der Waals surface area contributed by atoms with E-state index in [0.29, 0.717) is 11.6 Å². The lowest BCUT2D eigenvalue weighted by Gasteiger charge is -2.26. The minimum Gasteiger partial charge on any atom is -0.439 e. The van der Waals surface area contributed by atoms with Crippen LogP contribution in [0.15, 0.2) is 79.0 Å². The van der Waals surface area contributed by atoms with Gasteiger partial charge in [0.1, 0.15) is 12.3 Å². The van der Waals surface area contributed by atoms with E-state index in [9.17, 15) is 18.0 Å². The van der Waals surface area contributed by atoms with Gasteiger partial charge >= 0.3 is 6.18 Å². The zero-order valence-electron chi connectivity index (χ0n) is 14.6. The van der Waals surface area contributed by atoms with Crippen molar-refractivity contribution in [3.8, 4) is 11.6 Å². The second kappa shape index (κ2) is 8.43. The molecule has 0 radical (unpaired) electrons. The molecular formula is C20H16F3N3O2. The first kappa shape index (κ1) is 19.2. The lowest BCUT2D eigenvalue weighted by atomic mass is 10.2. The average molecular weight is 387 g/mol. The molecule has 2 aromatic carbocycles. The summed E-state index contributed by atoms with van der Waals surface area (Å²) < 4.78 is 44.3. The molecule has 1 aromatic heterocycles. The van der Waals surface area contributed by atoms with Crippen LogP contribution in [0.5, 0.6) is 11.6 Å². The molecule has 1 heterocycles. The van der Waals surface area contributed by atoms with Crippen LogP contribution >= 0.6 is 0 Å². The zero-order valence-corrected chi connectivity index (χ0v) is 14.6. The second-order valence-electron chi connectivity index (χ2n) is 5.78. The quantitative estimate of drug-likeness (QED) is 0.629. The molecular weight excluding hydrogens is 371 g/mol. The predicted octanol–water partition coefficient (Wildman–Crippen LogP) is 4.59. The lowest BCUT2D eigenvalue weighted by Crippen LogP contribution is -2.47. The van der Waals surface area contributed by atoms with Gasteiger partial charge in [0, 0.05) is 17.8 Å². The second-order valence-corrected chi connectivity index (χ2v) is 5.78. The van der Waals surface area contributed by atoms with E-state index in [1.807, 2.05) is 0 Å². The highest BCUT2D eigenvalue weighted by atomic mass is 19.4. The number of carbonyl (C=O) groups is 1. The van der Waals surface area contributed by atoms with Crippen molar-refractivity contribution in [1.29, 1.82) is 0 Å². The summed E-state index contributed by atoms with van der Waals surface area (Å²) in [5.74, 6) is -0.0175. The molecule has 3 rings (SSSR count). The van der Waals surface area contributed by atoms with Gasteiger partial charge in [0.2, 0.25) is 5.88 Å². The number of nitrogens with zero attached hydrogens (tertiary/aromatic N) is 2. The van der Waals surface area contributed by atoms with E-state index in [-0.39, 0.29) is 11.3 Å². The maximum Gasteiger partial charge on any atom is 0.407 e. The largest absolute Gasteiger partial charge is 0.439 e. The van der Waals surface area contributed by atoms with Crippen molar-refractivity contribution in [3.05, 3.63) is 84.6 Å². The molecule has 28 heavy (non-hydrogen) atoms. The summed E-state index contributed by atoms with van der Waals surface area (Å²) in [5, 5.41) is 0.759. The Morgan fingerprint density at radius 3 is 2.43 bits per heavy atom. The van der Waals surface area contributed by atoms with Gasteiger partial charge in [0.15, 0.2) is 0 Å². The maximum absolute atomic E-state index is 12.9. The number of hydrogen-bond acceptors (Lipinski definition) is 4. The summed E-state index contributed by atoms with van der Waals surface area (Å²) in [4.78, 5) is 16.5. The van der Waals surface area contributed by atoms with Crippen molar-refractivity contribution in [2.45, 2.75) is 6.18 Å². The summed E-state index contributed by atoms with van der Waals surface area (Å²) in [7, 11) is 0. The van der Waals surface area contributed by atoms with Gasteiger partial charge in [-0.1, -0.05) is 30.3 Å². The van der Waals surface area contributed by atoms with E-state index in [0.717, 1.165) is 5.01 Å². The molecule has 0 spiro atoms. The third-order valence-electron chi connectivity index (χ3n) is 3.60. The van der Waals surface area contributed by atoms with Crippen molar-refractivity contribution in [1.82, 2.24) is 10.4 Å². The van der Waals surface area contributed by atoms with E-state index >= 15 is 0 Å². The molecule has 1 N–H and O–H groups in total. The third kappa shape index (κ3) is 5.47. The third-order valence-corrected chi connectivity index (χ3v) is 3.60. The number of rotatable bonds is 6. The summed E-state index contributed by atoms with van der Waals surface area (Å²) in [6.45, 7) is -1.33. The highest BCUT2D eigenvalue weighted by Gasteiger charge is 2.32. The number of hydrazine groups is 1. The molecule has 3 aromatic rings. The maximum atomic E-state index is 12.9. The van der Waals surface area contributed by atoms with Crippen LogP contribution in [-0.2, 0) is 0 Å². The minimum absolute atomic E-state index is 0.150. The van der Waals surface area contributed by atoms with Crippen molar-refractivity contribution < 1.29 is 22.7 Å². The smallest absolute Gasteiger partial charge is 0.407 e. The highest BCUT2D eigenvalue weighted by molar-refractivity contribution is 5.95. The number of aromatic nitrogens is 1. The number of amides is 1. The summed E-state index contributed by atoms with van der Waals surface area (Å²) in [5.41, 5.74) is 2.67. The monoisotopic (exact) mass is 387 g/mol. The summed E-state index contributed by atoms with van der Waals surface area (Å²) in [6.07, 6.45) is -2.94. The molecule has 0 saturated heterocycles. The van der Waals surface area contributed by atoms with E-state index < -0.39 is 18.6 Å². The first-order chi connectivity index (χ1) is 13.4. The Labute approximate surface area is 159 Å². The van der Waals surface area contributed by atoms with Crippen LogP contribution in [0.1, 0.15) is 10.4 Å². The molecule has 0 atom stereocenters.